The van der Waals surface area contributed by atoms with Crippen LogP contribution in [0.25, 0.3) is 77.2 Å². The predicted octanol–water partition coefficient (Wildman–Crippen LogP) is 15.5. The Bertz CT molecular complexity index is 3150. The van der Waals surface area contributed by atoms with Gasteiger partial charge in [-0.05, 0) is 109 Å². The van der Waals surface area contributed by atoms with Gasteiger partial charge in [0.05, 0.1) is 0 Å². The van der Waals surface area contributed by atoms with Gasteiger partial charge in [-0.25, -0.2) is 0 Å². The molecular formula is C55H39NO. The number of furan rings is 1. The summed E-state index contributed by atoms with van der Waals surface area (Å²) in [4.78, 5) is 2.41. The largest absolute Gasteiger partial charge is 0.456 e. The van der Waals surface area contributed by atoms with Gasteiger partial charge in [-0.3, -0.25) is 0 Å². The van der Waals surface area contributed by atoms with Crippen LogP contribution in [-0.2, 0) is 5.41 Å². The van der Waals surface area contributed by atoms with E-state index in [0.717, 1.165) is 44.6 Å². The van der Waals surface area contributed by atoms with E-state index in [1.54, 1.807) is 0 Å². The van der Waals surface area contributed by atoms with E-state index in [1.165, 1.54) is 60.8 Å². The molecule has 0 spiro atoms. The van der Waals surface area contributed by atoms with Crippen molar-refractivity contribution in [3.8, 4) is 44.5 Å². The van der Waals surface area contributed by atoms with E-state index in [1.807, 2.05) is 6.07 Å². The lowest BCUT2D eigenvalue weighted by molar-refractivity contribution is 0.660. The van der Waals surface area contributed by atoms with Crippen molar-refractivity contribution in [3.05, 3.63) is 211 Å². The molecule has 2 nitrogen and oxygen atoms in total. The second-order valence-electron chi connectivity index (χ2n) is 15.7. The van der Waals surface area contributed by atoms with Crippen LogP contribution in [0.15, 0.2) is 205 Å². The minimum absolute atomic E-state index is 0.114. The Hall–Kier alpha value is -7.16. The normalized spacial score (nSPS) is 12.9. The predicted molar refractivity (Wildman–Crippen MR) is 240 cm³/mol. The van der Waals surface area contributed by atoms with Gasteiger partial charge in [0.1, 0.15) is 11.2 Å². The molecule has 0 fully saturated rings. The van der Waals surface area contributed by atoms with E-state index in [4.69, 9.17) is 4.42 Å². The summed E-state index contributed by atoms with van der Waals surface area (Å²) in [7, 11) is 0. The molecule has 0 saturated carbocycles. The number of hydrogen-bond acceptors (Lipinski definition) is 2. The second-order valence-corrected chi connectivity index (χ2v) is 15.7. The van der Waals surface area contributed by atoms with Gasteiger partial charge in [-0.2, -0.15) is 0 Å². The molecule has 0 bridgehead atoms. The number of anilines is 3. The molecule has 0 unspecified atom stereocenters. The Morgan fingerprint density at radius 3 is 1.89 bits per heavy atom. The summed E-state index contributed by atoms with van der Waals surface area (Å²) in [6.07, 6.45) is 0. The number of para-hydroxylation sites is 1. The van der Waals surface area contributed by atoms with Crippen molar-refractivity contribution < 1.29 is 4.42 Å². The molecule has 11 rings (SSSR count). The molecule has 0 amide bonds. The van der Waals surface area contributed by atoms with Crippen molar-refractivity contribution in [2.75, 3.05) is 4.90 Å². The molecular weight excluding hydrogens is 691 g/mol. The summed E-state index contributed by atoms with van der Waals surface area (Å²) in [5, 5.41) is 4.71. The molecule has 9 aromatic carbocycles. The fourth-order valence-electron chi connectivity index (χ4n) is 9.30. The summed E-state index contributed by atoms with van der Waals surface area (Å²) in [6.45, 7) is 4.70. The maximum atomic E-state index is 6.47. The molecule has 10 aromatic rings. The van der Waals surface area contributed by atoms with Crippen molar-refractivity contribution >= 4 is 49.8 Å². The Morgan fingerprint density at radius 1 is 0.386 bits per heavy atom. The van der Waals surface area contributed by atoms with E-state index in [0.29, 0.717) is 0 Å². The highest BCUT2D eigenvalue weighted by Gasteiger charge is 2.35. The van der Waals surface area contributed by atoms with Crippen molar-refractivity contribution in [3.63, 3.8) is 0 Å². The minimum atomic E-state index is -0.114. The number of hydrogen-bond donors (Lipinski definition) is 0. The summed E-state index contributed by atoms with van der Waals surface area (Å²) in [6, 6.07) is 72.6. The lowest BCUT2D eigenvalue weighted by Crippen LogP contribution is -2.16. The topological polar surface area (TPSA) is 16.4 Å². The van der Waals surface area contributed by atoms with E-state index in [-0.39, 0.29) is 5.41 Å². The van der Waals surface area contributed by atoms with Gasteiger partial charge >= 0.3 is 0 Å². The van der Waals surface area contributed by atoms with Crippen LogP contribution >= 0.6 is 0 Å². The first-order chi connectivity index (χ1) is 28.0. The van der Waals surface area contributed by atoms with Crippen molar-refractivity contribution in [1.82, 2.24) is 0 Å². The average molecular weight is 730 g/mol. The molecule has 0 aliphatic heterocycles. The zero-order valence-electron chi connectivity index (χ0n) is 31.9. The van der Waals surface area contributed by atoms with Crippen LogP contribution in [0.4, 0.5) is 17.1 Å². The van der Waals surface area contributed by atoms with Gasteiger partial charge in [0.25, 0.3) is 0 Å². The van der Waals surface area contributed by atoms with E-state index >= 15 is 0 Å². The molecule has 0 N–H and O–H groups in total. The van der Waals surface area contributed by atoms with Crippen LogP contribution in [0.1, 0.15) is 25.0 Å². The van der Waals surface area contributed by atoms with Crippen molar-refractivity contribution in [1.29, 1.82) is 0 Å². The quantitative estimate of drug-likeness (QED) is 0.169. The molecule has 0 saturated heterocycles. The zero-order chi connectivity index (χ0) is 38.1. The standard InChI is InChI=1S/C55H39NO/c1-55(2)49-24-10-8-21-45(49)46-31-30-42(35-50(46)55)56(41-19-12-18-39(34-41)36-14-4-3-5-15-36)40-28-26-38(27-29-40)44-32-33-52-54(48-22-9-11-25-51(48)57-52)53(44)47-23-13-17-37-16-6-7-20-43(37)47/h3-35H,1-2H3. The summed E-state index contributed by atoms with van der Waals surface area (Å²) >= 11 is 0. The van der Waals surface area contributed by atoms with Crippen LogP contribution in [-0.4, -0.2) is 0 Å². The Labute approximate surface area is 332 Å². The Balaban J connectivity index is 1.09. The van der Waals surface area contributed by atoms with Crippen LogP contribution in [0.2, 0.25) is 0 Å². The molecule has 1 aromatic heterocycles. The van der Waals surface area contributed by atoms with E-state index in [9.17, 15) is 0 Å². The van der Waals surface area contributed by atoms with Crippen LogP contribution in [0.5, 0.6) is 0 Å². The van der Waals surface area contributed by atoms with Gasteiger partial charge in [0, 0.05) is 38.8 Å². The lowest BCUT2D eigenvalue weighted by atomic mass is 9.82. The summed E-state index contributed by atoms with van der Waals surface area (Å²) in [5.74, 6) is 0. The van der Waals surface area contributed by atoms with Crippen LogP contribution in [0, 0.1) is 0 Å². The molecule has 270 valence electrons. The first-order valence-electron chi connectivity index (χ1n) is 19.8. The molecule has 0 atom stereocenters. The average Bonchev–Trinajstić information content (AvgIpc) is 3.76. The molecule has 1 aliphatic carbocycles. The highest BCUT2D eigenvalue weighted by Crippen LogP contribution is 2.51. The van der Waals surface area contributed by atoms with Crippen LogP contribution in [0.3, 0.4) is 0 Å². The SMILES string of the molecule is CC1(C)c2ccccc2-c2ccc(N(c3ccc(-c4ccc5oc6ccccc6c5c4-c4cccc5ccccc45)cc3)c3cccc(-c4ccccc4)c3)cc21. The highest BCUT2D eigenvalue weighted by molar-refractivity contribution is 6.18. The highest BCUT2D eigenvalue weighted by atomic mass is 16.3. The molecule has 0 radical (unpaired) electrons. The number of rotatable bonds is 6. The van der Waals surface area contributed by atoms with Crippen LogP contribution < -0.4 is 4.90 Å². The van der Waals surface area contributed by atoms with Gasteiger partial charge in [-0.1, -0.05) is 166 Å². The van der Waals surface area contributed by atoms with Gasteiger partial charge in [0.15, 0.2) is 0 Å². The maximum Gasteiger partial charge on any atom is 0.136 e. The van der Waals surface area contributed by atoms with Crippen molar-refractivity contribution in [2.45, 2.75) is 19.3 Å². The Morgan fingerprint density at radius 2 is 1.02 bits per heavy atom. The van der Waals surface area contributed by atoms with Gasteiger partial charge in [0.2, 0.25) is 0 Å². The summed E-state index contributed by atoms with van der Waals surface area (Å²) in [5.41, 5.74) is 17.5. The maximum absolute atomic E-state index is 6.47. The smallest absolute Gasteiger partial charge is 0.136 e. The van der Waals surface area contributed by atoms with E-state index < -0.39 is 0 Å². The summed E-state index contributed by atoms with van der Waals surface area (Å²) < 4.78 is 6.47. The third-order valence-electron chi connectivity index (χ3n) is 12.1. The number of benzene rings is 9. The fourth-order valence-corrected chi connectivity index (χ4v) is 9.30. The first kappa shape index (κ1) is 33.2. The molecule has 2 heteroatoms. The molecule has 1 heterocycles. The fraction of sp³-hybridized carbons (Fsp3) is 0.0545. The number of fused-ring (bicyclic) bond motifs is 7. The minimum Gasteiger partial charge on any atom is -0.456 e. The van der Waals surface area contributed by atoms with Gasteiger partial charge < -0.3 is 9.32 Å². The first-order valence-corrected chi connectivity index (χ1v) is 19.8. The molecule has 57 heavy (non-hydrogen) atoms. The third kappa shape index (κ3) is 5.33. The zero-order valence-corrected chi connectivity index (χ0v) is 31.9. The Kier molecular flexibility index (Phi) is 7.55. The monoisotopic (exact) mass is 729 g/mol. The van der Waals surface area contributed by atoms with Crippen molar-refractivity contribution in [2.24, 2.45) is 0 Å². The third-order valence-corrected chi connectivity index (χ3v) is 12.1. The van der Waals surface area contributed by atoms with Gasteiger partial charge in [-0.15, -0.1) is 0 Å². The van der Waals surface area contributed by atoms with E-state index in [2.05, 4.69) is 213 Å². The molecule has 1 aliphatic rings. The lowest BCUT2D eigenvalue weighted by Gasteiger charge is -2.28. The second kappa shape index (κ2) is 13.0. The number of nitrogens with zero attached hydrogens (tertiary/aromatic N) is 1.